The first-order valence-corrected chi connectivity index (χ1v) is 6.12. The molecule has 4 heteroatoms. The molecule has 0 bridgehead atoms. The van der Waals surface area contributed by atoms with Gasteiger partial charge < -0.3 is 0 Å². The Morgan fingerprint density at radius 2 is 1.65 bits per heavy atom. The zero-order chi connectivity index (χ0) is 14.9. The zero-order valence-corrected chi connectivity index (χ0v) is 11.1. The molecule has 2 rings (SSSR count). The third-order valence-electron chi connectivity index (χ3n) is 3.20. The van der Waals surface area contributed by atoms with Gasteiger partial charge in [0.2, 0.25) is 0 Å². The van der Waals surface area contributed by atoms with Gasteiger partial charge in [0, 0.05) is 12.5 Å². The lowest BCUT2D eigenvalue weighted by Crippen LogP contribution is -2.08. The van der Waals surface area contributed by atoms with Crippen LogP contribution in [0.5, 0.6) is 0 Å². The average Bonchev–Trinajstić information content (AvgIpc) is 2.37. The number of carbonyl (C=O) groups excluding carboxylic acids is 1. The van der Waals surface area contributed by atoms with Gasteiger partial charge in [0.15, 0.2) is 5.78 Å². The SMILES string of the molecule is Cc1cc(C(=O)Cc2ccc(F)cc2C)c(F)cc1F. The van der Waals surface area contributed by atoms with Crippen molar-refractivity contribution < 1.29 is 18.0 Å². The number of hydrogen-bond donors (Lipinski definition) is 0. The third-order valence-corrected chi connectivity index (χ3v) is 3.20. The van der Waals surface area contributed by atoms with Gasteiger partial charge in [0.25, 0.3) is 0 Å². The Kier molecular flexibility index (Phi) is 3.93. The Balaban J connectivity index is 2.31. The van der Waals surface area contributed by atoms with E-state index in [1.807, 2.05) is 0 Å². The fourth-order valence-corrected chi connectivity index (χ4v) is 2.00. The molecule has 0 radical (unpaired) electrons. The lowest BCUT2D eigenvalue weighted by Gasteiger charge is -2.07. The van der Waals surface area contributed by atoms with E-state index in [0.29, 0.717) is 17.2 Å². The second-order valence-corrected chi connectivity index (χ2v) is 4.75. The van der Waals surface area contributed by atoms with Gasteiger partial charge in [-0.3, -0.25) is 4.79 Å². The molecule has 0 N–H and O–H groups in total. The van der Waals surface area contributed by atoms with Gasteiger partial charge in [0.05, 0.1) is 5.56 Å². The molecule has 2 aromatic carbocycles. The summed E-state index contributed by atoms with van der Waals surface area (Å²) in [5, 5.41) is 0. The second kappa shape index (κ2) is 5.49. The molecule has 0 saturated heterocycles. The van der Waals surface area contributed by atoms with E-state index >= 15 is 0 Å². The highest BCUT2D eigenvalue weighted by atomic mass is 19.1. The molecule has 0 atom stereocenters. The second-order valence-electron chi connectivity index (χ2n) is 4.75. The molecule has 0 aliphatic carbocycles. The Labute approximate surface area is 115 Å². The van der Waals surface area contributed by atoms with Crippen molar-refractivity contribution in [2.24, 2.45) is 0 Å². The van der Waals surface area contributed by atoms with Crippen molar-refractivity contribution in [1.29, 1.82) is 0 Å². The highest BCUT2D eigenvalue weighted by Gasteiger charge is 2.16. The van der Waals surface area contributed by atoms with E-state index in [1.54, 1.807) is 6.92 Å². The van der Waals surface area contributed by atoms with E-state index in [9.17, 15) is 18.0 Å². The number of carbonyl (C=O) groups is 1. The molecule has 0 aromatic heterocycles. The highest BCUT2D eigenvalue weighted by Crippen LogP contribution is 2.18. The molecule has 0 fully saturated rings. The van der Waals surface area contributed by atoms with Crippen LogP contribution >= 0.6 is 0 Å². The molecular formula is C16H13F3O. The predicted octanol–water partition coefficient (Wildman–Crippen LogP) is 4.15. The number of rotatable bonds is 3. The molecule has 0 spiro atoms. The van der Waals surface area contributed by atoms with Gasteiger partial charge in [-0.2, -0.15) is 0 Å². The summed E-state index contributed by atoms with van der Waals surface area (Å²) in [6.45, 7) is 3.15. The minimum absolute atomic E-state index is 0.0475. The summed E-state index contributed by atoms with van der Waals surface area (Å²) < 4.78 is 39.8. The predicted molar refractivity (Wildman–Crippen MR) is 70.3 cm³/mol. The number of aryl methyl sites for hydroxylation is 2. The van der Waals surface area contributed by atoms with E-state index in [-0.39, 0.29) is 23.4 Å². The lowest BCUT2D eigenvalue weighted by atomic mass is 9.98. The minimum Gasteiger partial charge on any atom is -0.294 e. The van der Waals surface area contributed by atoms with Gasteiger partial charge in [-0.05, 0) is 48.7 Å². The first kappa shape index (κ1) is 14.3. The molecular weight excluding hydrogens is 265 g/mol. The fourth-order valence-electron chi connectivity index (χ4n) is 2.00. The number of Topliss-reactive ketones (excluding diaryl/α,β-unsaturated/α-hetero) is 1. The normalized spacial score (nSPS) is 10.7. The van der Waals surface area contributed by atoms with Crippen LogP contribution < -0.4 is 0 Å². The molecule has 0 amide bonds. The Hall–Kier alpha value is -2.10. The summed E-state index contributed by atoms with van der Waals surface area (Å²) in [6, 6.07) is 5.97. The summed E-state index contributed by atoms with van der Waals surface area (Å²) in [4.78, 5) is 12.1. The number of halogens is 3. The van der Waals surface area contributed by atoms with E-state index < -0.39 is 17.4 Å². The van der Waals surface area contributed by atoms with Crippen LogP contribution in [-0.2, 0) is 6.42 Å². The van der Waals surface area contributed by atoms with Gasteiger partial charge in [-0.1, -0.05) is 6.07 Å². The van der Waals surface area contributed by atoms with Crippen LogP contribution in [0.15, 0.2) is 30.3 Å². The molecule has 2 aromatic rings. The zero-order valence-electron chi connectivity index (χ0n) is 11.1. The molecule has 104 valence electrons. The largest absolute Gasteiger partial charge is 0.294 e. The molecule has 0 heterocycles. The molecule has 0 unspecified atom stereocenters. The molecule has 0 saturated carbocycles. The maximum Gasteiger partial charge on any atom is 0.170 e. The fraction of sp³-hybridized carbons (Fsp3) is 0.188. The van der Waals surface area contributed by atoms with Gasteiger partial charge in [0.1, 0.15) is 17.5 Å². The van der Waals surface area contributed by atoms with Crippen LogP contribution in [0, 0.1) is 31.3 Å². The lowest BCUT2D eigenvalue weighted by molar-refractivity contribution is 0.0988. The smallest absolute Gasteiger partial charge is 0.170 e. The first-order valence-electron chi connectivity index (χ1n) is 6.12. The quantitative estimate of drug-likeness (QED) is 0.771. The summed E-state index contributed by atoms with van der Waals surface area (Å²) in [7, 11) is 0. The van der Waals surface area contributed by atoms with Crippen LogP contribution in [0.3, 0.4) is 0 Å². The van der Waals surface area contributed by atoms with E-state index in [4.69, 9.17) is 0 Å². The van der Waals surface area contributed by atoms with Crippen molar-refractivity contribution in [3.05, 3.63) is 70.0 Å². The van der Waals surface area contributed by atoms with Crippen LogP contribution in [0.4, 0.5) is 13.2 Å². The summed E-state index contributed by atoms with van der Waals surface area (Å²) in [5.74, 6) is -2.40. The summed E-state index contributed by atoms with van der Waals surface area (Å²) in [6.07, 6.45) is -0.0475. The summed E-state index contributed by atoms with van der Waals surface area (Å²) >= 11 is 0. The van der Waals surface area contributed by atoms with Crippen LogP contribution in [0.2, 0.25) is 0 Å². The first-order chi connectivity index (χ1) is 9.38. The Morgan fingerprint density at radius 3 is 2.30 bits per heavy atom. The minimum atomic E-state index is -0.877. The van der Waals surface area contributed by atoms with Crippen molar-refractivity contribution >= 4 is 5.78 Å². The number of hydrogen-bond acceptors (Lipinski definition) is 1. The van der Waals surface area contributed by atoms with E-state index in [2.05, 4.69) is 0 Å². The standard InChI is InChI=1S/C16H13F3O/c1-9-5-12(17)4-3-11(9)7-16(20)13-6-10(2)14(18)8-15(13)19/h3-6,8H,7H2,1-2H3. The summed E-state index contributed by atoms with van der Waals surface area (Å²) in [5.41, 5.74) is 1.31. The average molecular weight is 278 g/mol. The molecule has 0 aliphatic rings. The molecule has 20 heavy (non-hydrogen) atoms. The van der Waals surface area contributed by atoms with Crippen molar-refractivity contribution in [3.8, 4) is 0 Å². The molecule has 0 aliphatic heterocycles. The monoisotopic (exact) mass is 278 g/mol. The van der Waals surface area contributed by atoms with Crippen molar-refractivity contribution in [2.45, 2.75) is 20.3 Å². The van der Waals surface area contributed by atoms with Crippen LogP contribution in [-0.4, -0.2) is 5.78 Å². The Morgan fingerprint density at radius 1 is 0.950 bits per heavy atom. The van der Waals surface area contributed by atoms with Crippen molar-refractivity contribution in [3.63, 3.8) is 0 Å². The van der Waals surface area contributed by atoms with Crippen molar-refractivity contribution in [1.82, 2.24) is 0 Å². The van der Waals surface area contributed by atoms with Crippen LogP contribution in [0.1, 0.15) is 27.0 Å². The Bertz CT molecular complexity index is 678. The van der Waals surface area contributed by atoms with E-state index in [1.165, 1.54) is 31.2 Å². The van der Waals surface area contributed by atoms with Gasteiger partial charge >= 0.3 is 0 Å². The maximum atomic E-state index is 13.6. The molecule has 1 nitrogen and oxygen atoms in total. The van der Waals surface area contributed by atoms with Gasteiger partial charge in [-0.25, -0.2) is 13.2 Å². The topological polar surface area (TPSA) is 17.1 Å². The van der Waals surface area contributed by atoms with Gasteiger partial charge in [-0.15, -0.1) is 0 Å². The van der Waals surface area contributed by atoms with E-state index in [0.717, 1.165) is 0 Å². The maximum absolute atomic E-state index is 13.6. The highest BCUT2D eigenvalue weighted by molar-refractivity contribution is 5.98. The van der Waals surface area contributed by atoms with Crippen molar-refractivity contribution in [2.75, 3.05) is 0 Å². The number of ketones is 1. The third kappa shape index (κ3) is 2.90. The van der Waals surface area contributed by atoms with Crippen LogP contribution in [0.25, 0.3) is 0 Å². The number of benzene rings is 2.